The molecule has 0 spiro atoms. The zero-order chi connectivity index (χ0) is 12.8. The molecule has 1 atom stereocenters. The second-order valence-electron chi connectivity index (χ2n) is 4.33. The minimum absolute atomic E-state index is 0.165. The van der Waals surface area contributed by atoms with Crippen LogP contribution in [0.1, 0.15) is 25.0 Å². The third kappa shape index (κ3) is 4.19. The SMILES string of the molecule is CCOC(=O)C(C)N(C)Cc1ccc(C)cc1. The highest BCUT2D eigenvalue weighted by Gasteiger charge is 2.18. The molecule has 0 aromatic heterocycles. The number of likely N-dealkylation sites (N-methyl/N-ethyl adjacent to an activating group) is 1. The van der Waals surface area contributed by atoms with Crippen molar-refractivity contribution in [1.29, 1.82) is 0 Å². The van der Waals surface area contributed by atoms with Gasteiger partial charge in [0.25, 0.3) is 0 Å². The fourth-order valence-corrected chi connectivity index (χ4v) is 1.56. The number of carbonyl (C=O) groups excluding carboxylic acids is 1. The summed E-state index contributed by atoms with van der Waals surface area (Å²) >= 11 is 0. The second kappa shape index (κ2) is 6.40. The number of hydrogen-bond donors (Lipinski definition) is 0. The largest absolute Gasteiger partial charge is 0.465 e. The van der Waals surface area contributed by atoms with Crippen molar-refractivity contribution in [3.05, 3.63) is 35.4 Å². The van der Waals surface area contributed by atoms with Crippen molar-refractivity contribution in [3.8, 4) is 0 Å². The van der Waals surface area contributed by atoms with E-state index < -0.39 is 0 Å². The van der Waals surface area contributed by atoms with Crippen molar-refractivity contribution in [2.75, 3.05) is 13.7 Å². The summed E-state index contributed by atoms with van der Waals surface area (Å²) in [6.45, 7) is 6.94. The van der Waals surface area contributed by atoms with E-state index in [1.807, 2.05) is 25.8 Å². The maximum atomic E-state index is 11.6. The smallest absolute Gasteiger partial charge is 0.323 e. The van der Waals surface area contributed by atoms with Gasteiger partial charge in [-0.2, -0.15) is 0 Å². The first-order valence-corrected chi connectivity index (χ1v) is 5.97. The maximum Gasteiger partial charge on any atom is 0.323 e. The monoisotopic (exact) mass is 235 g/mol. The number of aryl methyl sites for hydroxylation is 1. The van der Waals surface area contributed by atoms with Gasteiger partial charge < -0.3 is 4.74 Å². The summed E-state index contributed by atoms with van der Waals surface area (Å²) in [7, 11) is 1.93. The summed E-state index contributed by atoms with van der Waals surface area (Å²) in [6.07, 6.45) is 0. The van der Waals surface area contributed by atoms with Crippen LogP contribution in [-0.2, 0) is 16.1 Å². The zero-order valence-corrected chi connectivity index (χ0v) is 11.1. The van der Waals surface area contributed by atoms with E-state index in [0.717, 1.165) is 6.54 Å². The molecule has 3 nitrogen and oxygen atoms in total. The summed E-state index contributed by atoms with van der Waals surface area (Å²) in [5.74, 6) is -0.165. The van der Waals surface area contributed by atoms with Crippen molar-refractivity contribution >= 4 is 5.97 Å². The molecular formula is C14H21NO2. The first kappa shape index (κ1) is 13.7. The molecule has 1 aromatic carbocycles. The highest BCUT2D eigenvalue weighted by Crippen LogP contribution is 2.08. The lowest BCUT2D eigenvalue weighted by Gasteiger charge is -2.22. The molecule has 1 rings (SSSR count). The van der Waals surface area contributed by atoms with Crippen LogP contribution in [0.2, 0.25) is 0 Å². The molecule has 94 valence electrons. The van der Waals surface area contributed by atoms with Gasteiger partial charge in [0.1, 0.15) is 6.04 Å². The van der Waals surface area contributed by atoms with E-state index >= 15 is 0 Å². The molecule has 0 heterocycles. The van der Waals surface area contributed by atoms with Crippen LogP contribution < -0.4 is 0 Å². The minimum Gasteiger partial charge on any atom is -0.465 e. The van der Waals surface area contributed by atoms with Crippen LogP contribution in [0.25, 0.3) is 0 Å². The molecule has 0 N–H and O–H groups in total. The fraction of sp³-hybridized carbons (Fsp3) is 0.500. The Morgan fingerprint density at radius 2 is 1.94 bits per heavy atom. The molecule has 0 saturated heterocycles. The lowest BCUT2D eigenvalue weighted by atomic mass is 10.1. The van der Waals surface area contributed by atoms with Crippen molar-refractivity contribution in [2.45, 2.75) is 33.4 Å². The summed E-state index contributed by atoms with van der Waals surface area (Å²) in [5, 5.41) is 0. The van der Waals surface area contributed by atoms with Gasteiger partial charge >= 0.3 is 5.97 Å². The van der Waals surface area contributed by atoms with Crippen LogP contribution in [-0.4, -0.2) is 30.6 Å². The third-order valence-corrected chi connectivity index (χ3v) is 2.84. The van der Waals surface area contributed by atoms with Crippen molar-refractivity contribution in [1.82, 2.24) is 4.90 Å². The highest BCUT2D eigenvalue weighted by molar-refractivity contribution is 5.75. The van der Waals surface area contributed by atoms with Crippen LogP contribution in [0.4, 0.5) is 0 Å². The minimum atomic E-state index is -0.212. The number of hydrogen-bond acceptors (Lipinski definition) is 3. The molecule has 3 heteroatoms. The molecule has 1 unspecified atom stereocenters. The first-order chi connectivity index (χ1) is 8.04. The highest BCUT2D eigenvalue weighted by atomic mass is 16.5. The number of benzene rings is 1. The molecule has 0 fully saturated rings. The Morgan fingerprint density at radius 3 is 2.47 bits per heavy atom. The van der Waals surface area contributed by atoms with Crippen LogP contribution in [0.15, 0.2) is 24.3 Å². The Morgan fingerprint density at radius 1 is 1.35 bits per heavy atom. The van der Waals surface area contributed by atoms with E-state index in [4.69, 9.17) is 4.74 Å². The van der Waals surface area contributed by atoms with E-state index in [-0.39, 0.29) is 12.0 Å². The topological polar surface area (TPSA) is 29.5 Å². The summed E-state index contributed by atoms with van der Waals surface area (Å²) in [6, 6.07) is 8.13. The standard InChI is InChI=1S/C14H21NO2/c1-5-17-14(16)12(3)15(4)10-13-8-6-11(2)7-9-13/h6-9,12H,5,10H2,1-4H3. The van der Waals surface area contributed by atoms with Gasteiger partial charge in [-0.1, -0.05) is 29.8 Å². The van der Waals surface area contributed by atoms with Gasteiger partial charge in [-0.3, -0.25) is 9.69 Å². The molecule has 0 bridgehead atoms. The van der Waals surface area contributed by atoms with E-state index in [1.165, 1.54) is 11.1 Å². The molecule has 0 saturated carbocycles. The predicted octanol–water partition coefficient (Wildman–Crippen LogP) is 2.38. The molecule has 1 aromatic rings. The maximum absolute atomic E-state index is 11.6. The Labute approximate surface area is 103 Å². The number of nitrogens with zero attached hydrogens (tertiary/aromatic N) is 1. The third-order valence-electron chi connectivity index (χ3n) is 2.84. The van der Waals surface area contributed by atoms with Gasteiger partial charge in [-0.05, 0) is 33.4 Å². The molecule has 0 aliphatic carbocycles. The lowest BCUT2D eigenvalue weighted by Crippen LogP contribution is -2.36. The second-order valence-corrected chi connectivity index (χ2v) is 4.33. The molecule has 0 aliphatic heterocycles. The normalized spacial score (nSPS) is 12.5. The number of carbonyl (C=O) groups is 1. The van der Waals surface area contributed by atoms with Crippen molar-refractivity contribution < 1.29 is 9.53 Å². The van der Waals surface area contributed by atoms with Crippen LogP contribution in [0.3, 0.4) is 0 Å². The molecule has 0 radical (unpaired) electrons. The average Bonchev–Trinajstić information content (AvgIpc) is 2.31. The van der Waals surface area contributed by atoms with Gasteiger partial charge in [0.15, 0.2) is 0 Å². The van der Waals surface area contributed by atoms with E-state index in [9.17, 15) is 4.79 Å². The Balaban J connectivity index is 2.56. The van der Waals surface area contributed by atoms with E-state index in [2.05, 4.69) is 31.2 Å². The fourth-order valence-electron chi connectivity index (χ4n) is 1.56. The molecule has 0 aliphatic rings. The van der Waals surface area contributed by atoms with Crippen LogP contribution >= 0.6 is 0 Å². The van der Waals surface area contributed by atoms with Gasteiger partial charge in [-0.25, -0.2) is 0 Å². The van der Waals surface area contributed by atoms with Crippen molar-refractivity contribution in [3.63, 3.8) is 0 Å². The first-order valence-electron chi connectivity index (χ1n) is 5.97. The zero-order valence-electron chi connectivity index (χ0n) is 11.1. The quantitative estimate of drug-likeness (QED) is 0.734. The van der Waals surface area contributed by atoms with Gasteiger partial charge in [0, 0.05) is 6.54 Å². The van der Waals surface area contributed by atoms with Crippen LogP contribution in [0.5, 0.6) is 0 Å². The van der Waals surface area contributed by atoms with Crippen molar-refractivity contribution in [2.24, 2.45) is 0 Å². The van der Waals surface area contributed by atoms with E-state index in [1.54, 1.807) is 0 Å². The predicted molar refractivity (Wildman–Crippen MR) is 68.7 cm³/mol. The lowest BCUT2D eigenvalue weighted by molar-refractivity contribution is -0.148. The average molecular weight is 235 g/mol. The molecule has 17 heavy (non-hydrogen) atoms. The molecule has 0 amide bonds. The summed E-state index contributed by atoms with van der Waals surface area (Å²) in [4.78, 5) is 13.6. The summed E-state index contributed by atoms with van der Waals surface area (Å²) < 4.78 is 5.00. The summed E-state index contributed by atoms with van der Waals surface area (Å²) in [5.41, 5.74) is 2.45. The Kier molecular flexibility index (Phi) is 5.16. The van der Waals surface area contributed by atoms with Gasteiger partial charge in [0.2, 0.25) is 0 Å². The van der Waals surface area contributed by atoms with E-state index in [0.29, 0.717) is 6.61 Å². The molecular weight excluding hydrogens is 214 g/mol. The number of rotatable bonds is 5. The number of ether oxygens (including phenoxy) is 1. The Hall–Kier alpha value is -1.35. The Bertz CT molecular complexity index is 359. The van der Waals surface area contributed by atoms with Crippen LogP contribution in [0, 0.1) is 6.92 Å². The van der Waals surface area contributed by atoms with Gasteiger partial charge in [0.05, 0.1) is 6.61 Å². The number of esters is 1. The van der Waals surface area contributed by atoms with Gasteiger partial charge in [-0.15, -0.1) is 0 Å².